The van der Waals surface area contributed by atoms with Crippen LogP contribution in [0.15, 0.2) is 42.5 Å². The van der Waals surface area contributed by atoms with Crippen LogP contribution in [0.1, 0.15) is 29.5 Å². The van der Waals surface area contributed by atoms with Crippen molar-refractivity contribution in [2.45, 2.75) is 32.4 Å². The Morgan fingerprint density at radius 1 is 1.14 bits per heavy atom. The molecule has 0 aliphatic carbocycles. The van der Waals surface area contributed by atoms with Crippen molar-refractivity contribution in [3.05, 3.63) is 64.2 Å². The smallest absolute Gasteiger partial charge is 0.228 e. The van der Waals surface area contributed by atoms with Gasteiger partial charge in [-0.1, -0.05) is 41.9 Å². The van der Waals surface area contributed by atoms with E-state index in [2.05, 4.69) is 5.32 Å². The van der Waals surface area contributed by atoms with E-state index in [0.717, 1.165) is 16.8 Å². The van der Waals surface area contributed by atoms with Gasteiger partial charge < -0.3 is 5.32 Å². The fraction of sp³-hybridized carbons (Fsp3) is 0.381. The minimum Gasteiger partial charge on any atom is -0.325 e. The van der Waals surface area contributed by atoms with Crippen LogP contribution in [0, 0.1) is 19.8 Å². The average molecular weight is 421 g/mol. The fourth-order valence-corrected chi connectivity index (χ4v) is 5.27. The van der Waals surface area contributed by atoms with Crippen LogP contribution in [-0.2, 0) is 20.6 Å². The number of halogens is 1. The highest BCUT2D eigenvalue weighted by molar-refractivity contribution is 7.88. The van der Waals surface area contributed by atoms with E-state index < -0.39 is 10.0 Å². The summed E-state index contributed by atoms with van der Waals surface area (Å²) in [5.74, 6) is -0.563. The third kappa shape index (κ3) is 4.93. The number of hydrogen-bond acceptors (Lipinski definition) is 3. The summed E-state index contributed by atoms with van der Waals surface area (Å²) in [6.07, 6.45) is 1.36. The van der Waals surface area contributed by atoms with E-state index in [-0.39, 0.29) is 24.1 Å². The molecular formula is C21H25ClN2O3S. The minimum atomic E-state index is -3.49. The first kappa shape index (κ1) is 20.8. The Labute approximate surface area is 171 Å². The Bertz CT molecular complexity index is 938. The molecule has 5 nitrogen and oxygen atoms in total. The highest BCUT2D eigenvalue weighted by atomic mass is 35.5. The zero-order chi connectivity index (χ0) is 20.3. The Hall–Kier alpha value is -1.89. The number of anilines is 1. The quantitative estimate of drug-likeness (QED) is 0.790. The van der Waals surface area contributed by atoms with E-state index in [0.29, 0.717) is 30.0 Å². The summed E-state index contributed by atoms with van der Waals surface area (Å²) in [5.41, 5.74) is 3.49. The Balaban J connectivity index is 1.69. The first-order valence-electron chi connectivity index (χ1n) is 9.35. The number of nitrogens with one attached hydrogen (secondary N) is 1. The Morgan fingerprint density at radius 2 is 1.79 bits per heavy atom. The molecule has 1 heterocycles. The lowest BCUT2D eigenvalue weighted by molar-refractivity contribution is -0.120. The van der Waals surface area contributed by atoms with E-state index >= 15 is 0 Å². The molecule has 0 radical (unpaired) electrons. The molecule has 150 valence electrons. The number of nitrogens with zero attached hydrogens (tertiary/aromatic N) is 1. The van der Waals surface area contributed by atoms with Crippen molar-refractivity contribution in [2.24, 2.45) is 5.92 Å². The number of amides is 1. The maximum absolute atomic E-state index is 12.8. The van der Waals surface area contributed by atoms with Gasteiger partial charge in [-0.05, 0) is 55.5 Å². The number of carbonyl (C=O) groups excluding carboxylic acids is 1. The van der Waals surface area contributed by atoms with E-state index in [1.807, 2.05) is 32.0 Å². The average Bonchev–Trinajstić information content (AvgIpc) is 2.66. The molecule has 0 spiro atoms. The third-order valence-corrected chi connectivity index (χ3v) is 7.21. The number of carbonyl (C=O) groups is 1. The van der Waals surface area contributed by atoms with Gasteiger partial charge in [0.1, 0.15) is 0 Å². The second-order valence-electron chi connectivity index (χ2n) is 7.34. The fourth-order valence-electron chi connectivity index (χ4n) is 3.53. The molecule has 1 N–H and O–H groups in total. The van der Waals surface area contributed by atoms with Gasteiger partial charge in [0.15, 0.2) is 0 Å². The molecule has 0 aromatic heterocycles. The monoisotopic (exact) mass is 420 g/mol. The molecule has 28 heavy (non-hydrogen) atoms. The van der Waals surface area contributed by atoms with Gasteiger partial charge >= 0.3 is 0 Å². The molecule has 0 bridgehead atoms. The molecule has 1 aliphatic heterocycles. The van der Waals surface area contributed by atoms with Crippen LogP contribution < -0.4 is 5.32 Å². The maximum atomic E-state index is 12.8. The lowest BCUT2D eigenvalue weighted by atomic mass is 9.98. The molecule has 1 saturated heterocycles. The molecule has 1 aliphatic rings. The second kappa shape index (κ2) is 8.64. The van der Waals surface area contributed by atoms with Crippen molar-refractivity contribution in [2.75, 3.05) is 18.4 Å². The number of para-hydroxylation sites is 1. The summed E-state index contributed by atoms with van der Waals surface area (Å²) in [5, 5.41) is 3.57. The van der Waals surface area contributed by atoms with Gasteiger partial charge in [0.05, 0.1) is 11.7 Å². The molecule has 2 aromatic rings. The largest absolute Gasteiger partial charge is 0.325 e. The van der Waals surface area contributed by atoms with Crippen LogP contribution in [0.5, 0.6) is 0 Å². The molecule has 7 heteroatoms. The molecule has 1 fully saturated rings. The van der Waals surface area contributed by atoms with Gasteiger partial charge in [-0.15, -0.1) is 0 Å². The molecule has 1 atom stereocenters. The predicted octanol–water partition coefficient (Wildman–Crippen LogP) is 4.14. The predicted molar refractivity (Wildman–Crippen MR) is 113 cm³/mol. The van der Waals surface area contributed by atoms with Crippen LogP contribution >= 0.6 is 11.6 Å². The third-order valence-electron chi connectivity index (χ3n) is 5.14. The summed E-state index contributed by atoms with van der Waals surface area (Å²) in [6.45, 7) is 4.56. The SMILES string of the molecule is Cc1cccc(C)c1NC(=O)[C@H]1CCCN(S(=O)(=O)Cc2ccc(Cl)cc2)C1. The van der Waals surface area contributed by atoms with Gasteiger partial charge in [0.2, 0.25) is 15.9 Å². The zero-order valence-electron chi connectivity index (χ0n) is 16.1. The summed E-state index contributed by atoms with van der Waals surface area (Å²) in [6, 6.07) is 12.7. The van der Waals surface area contributed by atoms with Crippen molar-refractivity contribution in [3.63, 3.8) is 0 Å². The van der Waals surface area contributed by atoms with Gasteiger partial charge in [-0.2, -0.15) is 0 Å². The molecule has 2 aromatic carbocycles. The lowest BCUT2D eigenvalue weighted by Crippen LogP contribution is -2.44. The Morgan fingerprint density at radius 3 is 2.43 bits per heavy atom. The van der Waals surface area contributed by atoms with Crippen LogP contribution in [-0.4, -0.2) is 31.7 Å². The number of piperidine rings is 1. The molecule has 3 rings (SSSR count). The molecule has 0 saturated carbocycles. The summed E-state index contributed by atoms with van der Waals surface area (Å²) < 4.78 is 27.1. The molecule has 1 amide bonds. The van der Waals surface area contributed by atoms with Crippen molar-refractivity contribution in [1.29, 1.82) is 0 Å². The van der Waals surface area contributed by atoms with Gasteiger partial charge in [-0.3, -0.25) is 4.79 Å². The van der Waals surface area contributed by atoms with Gasteiger partial charge in [-0.25, -0.2) is 12.7 Å². The summed E-state index contributed by atoms with van der Waals surface area (Å²) >= 11 is 5.87. The van der Waals surface area contributed by atoms with E-state index in [9.17, 15) is 13.2 Å². The van der Waals surface area contributed by atoms with Crippen LogP contribution in [0.25, 0.3) is 0 Å². The first-order chi connectivity index (χ1) is 13.3. The van der Waals surface area contributed by atoms with Crippen LogP contribution in [0.3, 0.4) is 0 Å². The highest BCUT2D eigenvalue weighted by Gasteiger charge is 2.32. The first-order valence-corrected chi connectivity index (χ1v) is 11.3. The molecule has 0 unspecified atom stereocenters. The van der Waals surface area contributed by atoms with E-state index in [1.54, 1.807) is 24.3 Å². The normalized spacial score (nSPS) is 18.0. The Kier molecular flexibility index (Phi) is 6.43. The minimum absolute atomic E-state index is 0.0879. The van der Waals surface area contributed by atoms with Gasteiger partial charge in [0, 0.05) is 23.8 Å². The van der Waals surface area contributed by atoms with E-state index in [4.69, 9.17) is 11.6 Å². The van der Waals surface area contributed by atoms with Crippen LogP contribution in [0.4, 0.5) is 5.69 Å². The molecular weight excluding hydrogens is 396 g/mol. The van der Waals surface area contributed by atoms with E-state index in [1.165, 1.54) is 4.31 Å². The number of sulfonamides is 1. The standard InChI is InChI=1S/C21H25ClN2O3S/c1-15-5-3-6-16(2)20(15)23-21(25)18-7-4-12-24(13-18)28(26,27)14-17-8-10-19(22)11-9-17/h3,5-6,8-11,18H,4,7,12-14H2,1-2H3,(H,23,25)/t18-/m0/s1. The second-order valence-corrected chi connectivity index (χ2v) is 9.74. The number of benzene rings is 2. The van der Waals surface area contributed by atoms with Crippen LogP contribution in [0.2, 0.25) is 5.02 Å². The number of aryl methyl sites for hydroxylation is 2. The van der Waals surface area contributed by atoms with Gasteiger partial charge in [0.25, 0.3) is 0 Å². The van der Waals surface area contributed by atoms with Crippen molar-refractivity contribution >= 4 is 33.2 Å². The van der Waals surface area contributed by atoms with Crippen molar-refractivity contribution in [3.8, 4) is 0 Å². The summed E-state index contributed by atoms with van der Waals surface area (Å²) in [4.78, 5) is 12.8. The maximum Gasteiger partial charge on any atom is 0.228 e. The van der Waals surface area contributed by atoms with Crippen molar-refractivity contribution < 1.29 is 13.2 Å². The highest BCUT2D eigenvalue weighted by Crippen LogP contribution is 2.25. The lowest BCUT2D eigenvalue weighted by Gasteiger charge is -2.31. The number of rotatable bonds is 5. The van der Waals surface area contributed by atoms with Crippen molar-refractivity contribution in [1.82, 2.24) is 4.31 Å². The zero-order valence-corrected chi connectivity index (χ0v) is 17.7. The summed E-state index contributed by atoms with van der Waals surface area (Å²) in [7, 11) is -3.49. The number of hydrogen-bond donors (Lipinski definition) is 1. The topological polar surface area (TPSA) is 66.5 Å².